The first-order valence-corrected chi connectivity index (χ1v) is 11.2. The van der Waals surface area contributed by atoms with Crippen LogP contribution in [0.2, 0.25) is 0 Å². The number of methoxy groups -OCH3 is 1. The van der Waals surface area contributed by atoms with Crippen LogP contribution in [-0.4, -0.2) is 64.6 Å². The van der Waals surface area contributed by atoms with Crippen LogP contribution in [0.15, 0.2) is 48.9 Å². The molecule has 0 radical (unpaired) electrons. The molecule has 35 heavy (non-hydrogen) atoms. The SMILES string of the molecule is COC[C@H](C)Oc1cc(Oc2ccc(C(=O)N3CCC3)cn2)cc(C(=O)Nc2cnc(C)cn2)c1. The number of anilines is 1. The smallest absolute Gasteiger partial charge is 0.257 e. The standard InChI is InChI=1S/C25H27N5O5/c1-16-12-27-22(14-26-16)29-24(31)19-9-20(34-17(2)15-33-3)11-21(10-19)35-23-6-5-18(13-28-23)25(32)30-7-4-8-30/h5-6,9-14,17H,4,7-8,15H2,1-3H3,(H,27,29,31)/t17-/m0/s1. The highest BCUT2D eigenvalue weighted by Gasteiger charge is 2.22. The average Bonchev–Trinajstić information content (AvgIpc) is 2.80. The fourth-order valence-corrected chi connectivity index (χ4v) is 3.37. The summed E-state index contributed by atoms with van der Waals surface area (Å²) < 4.78 is 16.9. The van der Waals surface area contributed by atoms with Gasteiger partial charge in [0.15, 0.2) is 5.82 Å². The largest absolute Gasteiger partial charge is 0.488 e. The van der Waals surface area contributed by atoms with E-state index in [1.807, 2.05) is 13.8 Å². The Balaban J connectivity index is 1.54. The third kappa shape index (κ3) is 6.30. The maximum absolute atomic E-state index is 12.9. The van der Waals surface area contributed by atoms with Gasteiger partial charge >= 0.3 is 0 Å². The molecule has 3 aromatic rings. The summed E-state index contributed by atoms with van der Waals surface area (Å²) in [5.74, 6) is 0.935. The summed E-state index contributed by atoms with van der Waals surface area (Å²) in [5.41, 5.74) is 1.54. The quantitative estimate of drug-likeness (QED) is 0.498. The first-order valence-electron chi connectivity index (χ1n) is 11.2. The van der Waals surface area contributed by atoms with E-state index in [-0.39, 0.29) is 17.9 Å². The summed E-state index contributed by atoms with van der Waals surface area (Å²) in [6.45, 7) is 5.58. The van der Waals surface area contributed by atoms with Crippen molar-refractivity contribution in [3.05, 3.63) is 65.7 Å². The van der Waals surface area contributed by atoms with Crippen LogP contribution in [0, 0.1) is 6.92 Å². The number of ether oxygens (including phenoxy) is 3. The van der Waals surface area contributed by atoms with Crippen molar-refractivity contribution in [1.29, 1.82) is 0 Å². The van der Waals surface area contributed by atoms with Gasteiger partial charge in [-0.2, -0.15) is 0 Å². The Hall–Kier alpha value is -4.05. The lowest BCUT2D eigenvalue weighted by Crippen LogP contribution is -2.42. The second-order valence-electron chi connectivity index (χ2n) is 8.21. The lowest BCUT2D eigenvalue weighted by atomic mass is 10.1. The molecule has 1 aliphatic heterocycles. The Bertz CT molecular complexity index is 1180. The summed E-state index contributed by atoms with van der Waals surface area (Å²) in [4.78, 5) is 39.6. The minimum atomic E-state index is -0.402. The van der Waals surface area contributed by atoms with Crippen molar-refractivity contribution in [2.24, 2.45) is 0 Å². The molecule has 0 unspecified atom stereocenters. The molecule has 10 heteroatoms. The van der Waals surface area contributed by atoms with Gasteiger partial charge < -0.3 is 24.4 Å². The number of nitrogens with zero attached hydrogens (tertiary/aromatic N) is 4. The fourth-order valence-electron chi connectivity index (χ4n) is 3.37. The second-order valence-corrected chi connectivity index (χ2v) is 8.21. The number of aryl methyl sites for hydroxylation is 1. The van der Waals surface area contributed by atoms with Crippen molar-refractivity contribution < 1.29 is 23.8 Å². The highest BCUT2D eigenvalue weighted by molar-refractivity contribution is 6.04. The lowest BCUT2D eigenvalue weighted by Gasteiger charge is -2.30. The number of aromatic nitrogens is 3. The monoisotopic (exact) mass is 477 g/mol. The van der Waals surface area contributed by atoms with Crippen LogP contribution in [-0.2, 0) is 4.74 Å². The van der Waals surface area contributed by atoms with E-state index >= 15 is 0 Å². The number of hydrogen-bond donors (Lipinski definition) is 1. The Morgan fingerprint density at radius 3 is 2.46 bits per heavy atom. The highest BCUT2D eigenvalue weighted by Crippen LogP contribution is 2.28. The number of likely N-dealkylation sites (tertiary alicyclic amines) is 1. The zero-order valence-electron chi connectivity index (χ0n) is 19.9. The third-order valence-corrected chi connectivity index (χ3v) is 5.25. The Morgan fingerprint density at radius 1 is 1.03 bits per heavy atom. The highest BCUT2D eigenvalue weighted by atomic mass is 16.5. The van der Waals surface area contributed by atoms with E-state index in [4.69, 9.17) is 14.2 Å². The molecular weight excluding hydrogens is 450 g/mol. The van der Waals surface area contributed by atoms with Gasteiger partial charge in [-0.3, -0.25) is 14.6 Å². The maximum atomic E-state index is 12.9. The minimum absolute atomic E-state index is 0.0454. The predicted molar refractivity (Wildman–Crippen MR) is 128 cm³/mol. The molecule has 1 aromatic carbocycles. The maximum Gasteiger partial charge on any atom is 0.257 e. The summed E-state index contributed by atoms with van der Waals surface area (Å²) >= 11 is 0. The van der Waals surface area contributed by atoms with E-state index in [2.05, 4.69) is 20.3 Å². The molecule has 3 heterocycles. The van der Waals surface area contributed by atoms with Crippen molar-refractivity contribution >= 4 is 17.6 Å². The summed E-state index contributed by atoms with van der Waals surface area (Å²) in [6, 6.07) is 8.14. The summed E-state index contributed by atoms with van der Waals surface area (Å²) in [7, 11) is 1.59. The van der Waals surface area contributed by atoms with Crippen molar-refractivity contribution in [2.45, 2.75) is 26.4 Å². The third-order valence-electron chi connectivity index (χ3n) is 5.25. The first kappa shape index (κ1) is 24.1. The molecule has 0 bridgehead atoms. The van der Waals surface area contributed by atoms with Gasteiger partial charge in [-0.1, -0.05) is 0 Å². The van der Waals surface area contributed by atoms with Gasteiger partial charge in [-0.25, -0.2) is 9.97 Å². The minimum Gasteiger partial charge on any atom is -0.488 e. The van der Waals surface area contributed by atoms with Crippen molar-refractivity contribution in [3.8, 4) is 17.4 Å². The molecule has 1 fully saturated rings. The summed E-state index contributed by atoms with van der Waals surface area (Å²) in [6.07, 6.45) is 5.31. The van der Waals surface area contributed by atoms with Crippen LogP contribution in [0.5, 0.6) is 17.4 Å². The Morgan fingerprint density at radius 2 is 1.83 bits per heavy atom. The topological polar surface area (TPSA) is 116 Å². The van der Waals surface area contributed by atoms with Crippen LogP contribution < -0.4 is 14.8 Å². The summed E-state index contributed by atoms with van der Waals surface area (Å²) in [5, 5.41) is 2.72. The van der Waals surface area contributed by atoms with Gasteiger partial charge in [0.2, 0.25) is 5.88 Å². The second kappa shape index (κ2) is 10.9. The number of hydrogen-bond acceptors (Lipinski definition) is 8. The molecule has 1 N–H and O–H groups in total. The van der Waals surface area contributed by atoms with E-state index in [1.165, 1.54) is 12.4 Å². The molecule has 1 aliphatic rings. The van der Waals surface area contributed by atoms with Gasteiger partial charge in [0.05, 0.1) is 30.3 Å². The molecule has 1 atom stereocenters. The molecule has 0 aliphatic carbocycles. The molecule has 0 saturated carbocycles. The van der Waals surface area contributed by atoms with E-state index < -0.39 is 5.91 Å². The molecule has 0 spiro atoms. The van der Waals surface area contributed by atoms with Crippen LogP contribution in [0.3, 0.4) is 0 Å². The number of rotatable bonds is 9. The van der Waals surface area contributed by atoms with Crippen LogP contribution in [0.25, 0.3) is 0 Å². The molecule has 2 amide bonds. The number of nitrogens with one attached hydrogen (secondary N) is 1. The Kier molecular flexibility index (Phi) is 7.51. The normalized spacial score (nSPS) is 13.5. The first-order chi connectivity index (χ1) is 16.9. The number of benzene rings is 1. The van der Waals surface area contributed by atoms with Crippen LogP contribution >= 0.6 is 0 Å². The molecule has 1 saturated heterocycles. The molecule has 4 rings (SSSR count). The van der Waals surface area contributed by atoms with Gasteiger partial charge in [0, 0.05) is 44.1 Å². The van der Waals surface area contributed by atoms with E-state index in [9.17, 15) is 9.59 Å². The van der Waals surface area contributed by atoms with Crippen LogP contribution in [0.1, 0.15) is 39.8 Å². The van der Waals surface area contributed by atoms with Gasteiger partial charge in [-0.05, 0) is 38.5 Å². The van der Waals surface area contributed by atoms with Gasteiger partial charge in [0.25, 0.3) is 11.8 Å². The molecular formula is C25H27N5O5. The Labute approximate surface area is 203 Å². The number of carbonyl (C=O) groups excluding carboxylic acids is 2. The van der Waals surface area contributed by atoms with Crippen molar-refractivity contribution in [3.63, 3.8) is 0 Å². The van der Waals surface area contributed by atoms with Crippen LogP contribution in [0.4, 0.5) is 5.82 Å². The zero-order chi connectivity index (χ0) is 24.8. The van der Waals surface area contributed by atoms with E-state index in [0.29, 0.717) is 35.1 Å². The number of pyridine rings is 1. The van der Waals surface area contributed by atoms with Crippen molar-refractivity contribution in [1.82, 2.24) is 19.9 Å². The van der Waals surface area contributed by atoms with Crippen molar-refractivity contribution in [2.75, 3.05) is 32.1 Å². The lowest BCUT2D eigenvalue weighted by molar-refractivity contribution is 0.0651. The predicted octanol–water partition coefficient (Wildman–Crippen LogP) is 3.48. The fraction of sp³-hybridized carbons (Fsp3) is 0.320. The number of amides is 2. The average molecular weight is 478 g/mol. The van der Waals surface area contributed by atoms with E-state index in [1.54, 1.807) is 48.5 Å². The number of carbonyl (C=O) groups is 2. The zero-order valence-corrected chi connectivity index (χ0v) is 19.9. The molecule has 10 nitrogen and oxygen atoms in total. The molecule has 2 aromatic heterocycles. The van der Waals surface area contributed by atoms with Gasteiger partial charge in [-0.15, -0.1) is 0 Å². The van der Waals surface area contributed by atoms with E-state index in [0.717, 1.165) is 25.2 Å². The molecule has 182 valence electrons. The van der Waals surface area contributed by atoms with Gasteiger partial charge in [0.1, 0.15) is 17.6 Å².